The minimum Gasteiger partial charge on any atom is -0.444 e. The van der Waals surface area contributed by atoms with Gasteiger partial charge in [-0.25, -0.2) is 4.79 Å². The minimum atomic E-state index is -0.492. The number of anilines is 1. The Morgan fingerprint density at radius 3 is 2.62 bits per heavy atom. The number of benzene rings is 2. The van der Waals surface area contributed by atoms with Crippen molar-refractivity contribution in [2.45, 2.75) is 89.2 Å². The second-order valence-electron chi connectivity index (χ2n) is 10.7. The molecule has 34 heavy (non-hydrogen) atoms. The van der Waals surface area contributed by atoms with Crippen LogP contribution in [0.1, 0.15) is 69.2 Å². The number of nitrogens with one attached hydrogen (secondary N) is 1. The predicted molar refractivity (Wildman–Crippen MR) is 143 cm³/mol. The number of aryl methyl sites for hydroxylation is 3. The smallest absolute Gasteiger partial charge is 0.412 e. The molecular weight excluding hydrogens is 440 g/mol. The van der Waals surface area contributed by atoms with Crippen LogP contribution in [-0.4, -0.2) is 41.5 Å². The molecule has 1 aliphatic heterocycles. The van der Waals surface area contributed by atoms with E-state index in [0.717, 1.165) is 25.1 Å². The summed E-state index contributed by atoms with van der Waals surface area (Å²) in [6.45, 7) is 10.2. The van der Waals surface area contributed by atoms with Gasteiger partial charge in [-0.05, 0) is 119 Å². The van der Waals surface area contributed by atoms with Crippen molar-refractivity contribution in [3.05, 3.63) is 58.7 Å². The average Bonchev–Trinajstić information content (AvgIpc) is 3.23. The molecule has 0 aromatic heterocycles. The highest BCUT2D eigenvalue weighted by molar-refractivity contribution is 7.99. The van der Waals surface area contributed by atoms with E-state index in [4.69, 9.17) is 4.74 Å². The molecule has 2 aliphatic rings. The van der Waals surface area contributed by atoms with Gasteiger partial charge in [-0.2, -0.15) is 0 Å². The van der Waals surface area contributed by atoms with E-state index in [1.54, 1.807) is 16.7 Å². The molecule has 4 rings (SSSR count). The molecule has 1 atom stereocenters. The largest absolute Gasteiger partial charge is 0.444 e. The van der Waals surface area contributed by atoms with Gasteiger partial charge >= 0.3 is 6.09 Å². The third-order valence-electron chi connectivity index (χ3n) is 6.75. The fourth-order valence-corrected chi connectivity index (χ4v) is 6.27. The van der Waals surface area contributed by atoms with Gasteiger partial charge in [0.05, 0.1) is 0 Å². The first kappa shape index (κ1) is 25.1. The summed E-state index contributed by atoms with van der Waals surface area (Å²) < 4.78 is 5.33. The zero-order valence-electron chi connectivity index (χ0n) is 21.3. The van der Waals surface area contributed by atoms with E-state index in [1.807, 2.05) is 44.7 Å². The molecule has 0 saturated heterocycles. The van der Waals surface area contributed by atoms with Crippen molar-refractivity contribution in [2.24, 2.45) is 0 Å². The fraction of sp³-hybridized carbons (Fsp3) is 0.552. The number of ether oxygens (including phenoxy) is 1. The second kappa shape index (κ2) is 11.2. The standard InChI is InChI=1S/C29H40N2O2S/c1-5-15-31(26-13-10-22-18-23-14-17-34-27(23)20-24(22)19-26)16-6-7-21-8-11-25(12-9-21)30-28(32)33-29(2,3)4/h8-9,11-12,18,20,26H,5-7,10,13-17,19H2,1-4H3,(H,30,32). The zero-order chi connectivity index (χ0) is 24.1. The summed E-state index contributed by atoms with van der Waals surface area (Å²) in [6.07, 6.45) is 7.96. The summed E-state index contributed by atoms with van der Waals surface area (Å²) in [7, 11) is 0. The highest BCUT2D eigenvalue weighted by Crippen LogP contribution is 2.36. The molecule has 1 heterocycles. The van der Waals surface area contributed by atoms with Gasteiger partial charge in [0.25, 0.3) is 0 Å². The average molecular weight is 481 g/mol. The van der Waals surface area contributed by atoms with E-state index >= 15 is 0 Å². The van der Waals surface area contributed by atoms with Crippen molar-refractivity contribution in [3.63, 3.8) is 0 Å². The van der Waals surface area contributed by atoms with Crippen LogP contribution in [0.2, 0.25) is 0 Å². The zero-order valence-corrected chi connectivity index (χ0v) is 22.1. The second-order valence-corrected chi connectivity index (χ2v) is 11.8. The highest BCUT2D eigenvalue weighted by atomic mass is 32.2. The molecular formula is C29H40N2O2S. The van der Waals surface area contributed by atoms with Gasteiger partial charge in [0.2, 0.25) is 0 Å². The third-order valence-corrected chi connectivity index (χ3v) is 7.85. The van der Waals surface area contributed by atoms with Gasteiger partial charge in [-0.1, -0.05) is 25.1 Å². The molecule has 4 nitrogen and oxygen atoms in total. The summed E-state index contributed by atoms with van der Waals surface area (Å²) >= 11 is 2.03. The normalized spacial score (nSPS) is 17.4. The van der Waals surface area contributed by atoms with E-state index in [2.05, 4.69) is 41.4 Å². The fourth-order valence-electron chi connectivity index (χ4n) is 5.16. The first-order chi connectivity index (χ1) is 16.3. The number of hydrogen-bond donors (Lipinski definition) is 1. The van der Waals surface area contributed by atoms with Crippen LogP contribution in [0.4, 0.5) is 10.5 Å². The lowest BCUT2D eigenvalue weighted by Crippen LogP contribution is -2.40. The van der Waals surface area contributed by atoms with E-state index < -0.39 is 11.7 Å². The van der Waals surface area contributed by atoms with E-state index in [9.17, 15) is 4.79 Å². The lowest BCUT2D eigenvalue weighted by atomic mass is 9.86. The van der Waals surface area contributed by atoms with Crippen LogP contribution in [0.15, 0.2) is 41.3 Å². The van der Waals surface area contributed by atoms with Gasteiger partial charge in [-0.3, -0.25) is 5.32 Å². The van der Waals surface area contributed by atoms with Gasteiger partial charge < -0.3 is 9.64 Å². The Labute approximate surface area is 209 Å². The Bertz CT molecular complexity index is 981. The lowest BCUT2D eigenvalue weighted by Gasteiger charge is -2.35. The van der Waals surface area contributed by atoms with E-state index in [-0.39, 0.29) is 0 Å². The molecule has 1 aliphatic carbocycles. The Balaban J connectivity index is 1.28. The summed E-state index contributed by atoms with van der Waals surface area (Å²) in [5.41, 5.74) is 6.38. The molecule has 2 aromatic carbocycles. The predicted octanol–water partition coefficient (Wildman–Crippen LogP) is 6.88. The molecule has 1 unspecified atom stereocenters. The van der Waals surface area contributed by atoms with Crippen LogP contribution in [0.5, 0.6) is 0 Å². The van der Waals surface area contributed by atoms with Gasteiger partial charge in [-0.15, -0.1) is 11.8 Å². The number of nitrogens with zero attached hydrogens (tertiary/aromatic N) is 1. The van der Waals surface area contributed by atoms with Crippen molar-refractivity contribution in [3.8, 4) is 0 Å². The Morgan fingerprint density at radius 2 is 1.88 bits per heavy atom. The van der Waals surface area contributed by atoms with Crippen molar-refractivity contribution in [1.82, 2.24) is 4.90 Å². The maximum atomic E-state index is 12.0. The summed E-state index contributed by atoms with van der Waals surface area (Å²) in [4.78, 5) is 16.2. The third kappa shape index (κ3) is 6.79. The van der Waals surface area contributed by atoms with Crippen molar-refractivity contribution >= 4 is 23.5 Å². The lowest BCUT2D eigenvalue weighted by molar-refractivity contribution is 0.0636. The maximum Gasteiger partial charge on any atom is 0.412 e. The number of hydrogen-bond acceptors (Lipinski definition) is 4. The number of amides is 1. The number of thioether (sulfide) groups is 1. The summed E-state index contributed by atoms with van der Waals surface area (Å²) in [5.74, 6) is 1.25. The topological polar surface area (TPSA) is 41.6 Å². The Kier molecular flexibility index (Phi) is 8.26. The van der Waals surface area contributed by atoms with Crippen LogP contribution >= 0.6 is 11.8 Å². The van der Waals surface area contributed by atoms with Gasteiger partial charge in [0.1, 0.15) is 5.60 Å². The monoisotopic (exact) mass is 480 g/mol. The van der Waals surface area contributed by atoms with Crippen molar-refractivity contribution in [1.29, 1.82) is 0 Å². The number of carbonyl (C=O) groups excluding carboxylic acids is 1. The van der Waals surface area contributed by atoms with Crippen LogP contribution < -0.4 is 5.32 Å². The van der Waals surface area contributed by atoms with E-state index in [0.29, 0.717) is 6.04 Å². The Hall–Kier alpha value is -1.98. The van der Waals surface area contributed by atoms with Crippen molar-refractivity contribution < 1.29 is 9.53 Å². The maximum absolute atomic E-state index is 12.0. The minimum absolute atomic E-state index is 0.409. The SMILES string of the molecule is CCCN(CCCc1ccc(NC(=O)OC(C)(C)C)cc1)C1CCc2cc3c(cc2C1)SCC3. The molecule has 0 saturated carbocycles. The molecule has 0 fully saturated rings. The Morgan fingerprint density at radius 1 is 1.09 bits per heavy atom. The van der Waals surface area contributed by atoms with Gasteiger partial charge in [0.15, 0.2) is 0 Å². The number of rotatable bonds is 8. The van der Waals surface area contributed by atoms with Crippen LogP contribution in [0.3, 0.4) is 0 Å². The summed E-state index contributed by atoms with van der Waals surface area (Å²) in [6, 6.07) is 13.8. The highest BCUT2D eigenvalue weighted by Gasteiger charge is 2.26. The molecule has 0 spiro atoms. The molecule has 184 valence electrons. The van der Waals surface area contributed by atoms with Crippen molar-refractivity contribution in [2.75, 3.05) is 24.2 Å². The summed E-state index contributed by atoms with van der Waals surface area (Å²) in [5, 5.41) is 2.81. The molecule has 5 heteroatoms. The first-order valence-electron chi connectivity index (χ1n) is 12.9. The molecule has 2 aromatic rings. The first-order valence-corrected chi connectivity index (χ1v) is 13.9. The van der Waals surface area contributed by atoms with Crippen LogP contribution in [0, 0.1) is 0 Å². The van der Waals surface area contributed by atoms with E-state index in [1.165, 1.54) is 54.9 Å². The molecule has 1 amide bonds. The quantitative estimate of drug-likeness (QED) is 0.447. The molecule has 0 bridgehead atoms. The molecule has 1 N–H and O–H groups in total. The van der Waals surface area contributed by atoms with Gasteiger partial charge in [0, 0.05) is 22.4 Å². The molecule has 0 radical (unpaired) electrons. The van der Waals surface area contributed by atoms with Crippen LogP contribution in [0.25, 0.3) is 0 Å². The number of carbonyl (C=O) groups is 1. The number of fused-ring (bicyclic) bond motifs is 2. The van der Waals surface area contributed by atoms with Crippen LogP contribution in [-0.2, 0) is 30.4 Å².